The van der Waals surface area contributed by atoms with Crippen molar-refractivity contribution in [2.75, 3.05) is 4.90 Å². The second-order valence-corrected chi connectivity index (χ2v) is 5.85. The lowest BCUT2D eigenvalue weighted by Gasteiger charge is -2.39. The molecular weight excluding hydrogens is 230 g/mol. The van der Waals surface area contributed by atoms with E-state index in [2.05, 4.69) is 60.4 Å². The first-order chi connectivity index (χ1) is 9.34. The number of hydrogen-bond acceptors (Lipinski definition) is 1. The molecule has 2 aliphatic heterocycles. The summed E-state index contributed by atoms with van der Waals surface area (Å²) in [6.45, 7) is 2.37. The van der Waals surface area contributed by atoms with Crippen molar-refractivity contribution in [3.8, 4) is 0 Å². The Balaban J connectivity index is 1.83. The highest BCUT2D eigenvalue weighted by Crippen LogP contribution is 2.46. The lowest BCUT2D eigenvalue weighted by Crippen LogP contribution is -2.36. The second-order valence-electron chi connectivity index (χ2n) is 5.85. The van der Waals surface area contributed by atoms with E-state index < -0.39 is 0 Å². The SMILES string of the molecule is C[C@H]1Cc2cccc3c2N1[C@@H](c1ccccc1)CC3. The van der Waals surface area contributed by atoms with Gasteiger partial charge in [-0.2, -0.15) is 0 Å². The van der Waals surface area contributed by atoms with Crippen molar-refractivity contribution in [2.24, 2.45) is 0 Å². The van der Waals surface area contributed by atoms with Crippen LogP contribution in [0.2, 0.25) is 0 Å². The maximum atomic E-state index is 2.67. The summed E-state index contributed by atoms with van der Waals surface area (Å²) in [6.07, 6.45) is 3.66. The van der Waals surface area contributed by atoms with E-state index in [9.17, 15) is 0 Å². The highest BCUT2D eigenvalue weighted by atomic mass is 15.2. The van der Waals surface area contributed by atoms with Gasteiger partial charge in [-0.05, 0) is 42.9 Å². The van der Waals surface area contributed by atoms with Crippen LogP contribution in [0, 0.1) is 0 Å². The van der Waals surface area contributed by atoms with Crippen molar-refractivity contribution in [3.63, 3.8) is 0 Å². The van der Waals surface area contributed by atoms with Gasteiger partial charge in [-0.25, -0.2) is 0 Å². The van der Waals surface area contributed by atoms with Crippen LogP contribution in [-0.4, -0.2) is 6.04 Å². The molecule has 19 heavy (non-hydrogen) atoms. The van der Waals surface area contributed by atoms with Crippen LogP contribution >= 0.6 is 0 Å². The van der Waals surface area contributed by atoms with Crippen LogP contribution in [0.15, 0.2) is 48.5 Å². The summed E-state index contributed by atoms with van der Waals surface area (Å²) in [5.41, 5.74) is 6.10. The Bertz CT molecular complexity index is 602. The minimum atomic E-state index is 0.562. The quantitative estimate of drug-likeness (QED) is 0.734. The second kappa shape index (κ2) is 4.12. The molecule has 0 bridgehead atoms. The Kier molecular flexibility index (Phi) is 2.41. The molecule has 2 aromatic rings. The van der Waals surface area contributed by atoms with E-state index >= 15 is 0 Å². The van der Waals surface area contributed by atoms with Gasteiger partial charge in [0.25, 0.3) is 0 Å². The van der Waals surface area contributed by atoms with E-state index in [-0.39, 0.29) is 0 Å². The first-order valence-electron chi connectivity index (χ1n) is 7.28. The van der Waals surface area contributed by atoms with Crippen LogP contribution in [-0.2, 0) is 12.8 Å². The fraction of sp³-hybridized carbons (Fsp3) is 0.333. The Morgan fingerprint density at radius 3 is 2.58 bits per heavy atom. The summed E-state index contributed by atoms with van der Waals surface area (Å²) in [5.74, 6) is 0. The third-order valence-electron chi connectivity index (χ3n) is 4.66. The van der Waals surface area contributed by atoms with E-state index in [0.717, 1.165) is 0 Å². The molecule has 0 radical (unpaired) electrons. The van der Waals surface area contributed by atoms with E-state index in [1.807, 2.05) is 0 Å². The van der Waals surface area contributed by atoms with Crippen LogP contribution < -0.4 is 4.90 Å². The normalized spacial score (nSPS) is 24.4. The summed E-state index contributed by atoms with van der Waals surface area (Å²) in [5, 5.41) is 0. The van der Waals surface area contributed by atoms with Crippen molar-refractivity contribution in [1.82, 2.24) is 0 Å². The molecule has 0 saturated heterocycles. The maximum Gasteiger partial charge on any atom is 0.0548 e. The third kappa shape index (κ3) is 1.61. The van der Waals surface area contributed by atoms with Gasteiger partial charge in [-0.15, -0.1) is 0 Å². The van der Waals surface area contributed by atoms with Gasteiger partial charge >= 0.3 is 0 Å². The number of nitrogens with zero attached hydrogens (tertiary/aromatic N) is 1. The molecule has 0 saturated carbocycles. The van der Waals surface area contributed by atoms with Gasteiger partial charge in [0, 0.05) is 11.7 Å². The van der Waals surface area contributed by atoms with Gasteiger partial charge in [0.05, 0.1) is 6.04 Å². The minimum Gasteiger partial charge on any atom is -0.361 e. The van der Waals surface area contributed by atoms with Crippen LogP contribution in [0.5, 0.6) is 0 Å². The van der Waals surface area contributed by atoms with E-state index in [4.69, 9.17) is 0 Å². The molecule has 2 atom stereocenters. The lowest BCUT2D eigenvalue weighted by molar-refractivity contribution is 0.513. The number of rotatable bonds is 1. The largest absolute Gasteiger partial charge is 0.361 e. The van der Waals surface area contributed by atoms with Crippen molar-refractivity contribution in [3.05, 3.63) is 65.2 Å². The number of para-hydroxylation sites is 1. The van der Waals surface area contributed by atoms with Gasteiger partial charge < -0.3 is 4.90 Å². The number of hydrogen-bond donors (Lipinski definition) is 0. The zero-order valence-electron chi connectivity index (χ0n) is 11.3. The highest BCUT2D eigenvalue weighted by molar-refractivity contribution is 5.67. The van der Waals surface area contributed by atoms with Gasteiger partial charge in [0.1, 0.15) is 0 Å². The molecule has 0 fully saturated rings. The predicted octanol–water partition coefficient (Wildman–Crippen LogP) is 4.13. The van der Waals surface area contributed by atoms with E-state index in [1.54, 1.807) is 11.1 Å². The maximum absolute atomic E-state index is 2.67. The third-order valence-corrected chi connectivity index (χ3v) is 4.66. The molecule has 96 valence electrons. The number of aryl methyl sites for hydroxylation is 1. The highest BCUT2D eigenvalue weighted by Gasteiger charge is 2.36. The molecule has 2 aromatic carbocycles. The molecule has 2 aliphatic rings. The molecule has 0 amide bonds. The van der Waals surface area contributed by atoms with Crippen LogP contribution in [0.1, 0.15) is 36.1 Å². The van der Waals surface area contributed by atoms with Crippen LogP contribution in [0.4, 0.5) is 5.69 Å². The molecule has 4 rings (SSSR count). The van der Waals surface area contributed by atoms with Crippen LogP contribution in [0.25, 0.3) is 0 Å². The van der Waals surface area contributed by atoms with Crippen LogP contribution in [0.3, 0.4) is 0 Å². The molecule has 1 nitrogen and oxygen atoms in total. The molecule has 0 N–H and O–H groups in total. The fourth-order valence-corrected chi connectivity index (χ4v) is 3.88. The van der Waals surface area contributed by atoms with Crippen molar-refractivity contribution in [2.45, 2.75) is 38.3 Å². The summed E-state index contributed by atoms with van der Waals surface area (Å²) >= 11 is 0. The molecule has 2 heterocycles. The van der Waals surface area contributed by atoms with Gasteiger partial charge in [-0.1, -0.05) is 48.5 Å². The summed E-state index contributed by atoms with van der Waals surface area (Å²) in [7, 11) is 0. The Morgan fingerprint density at radius 2 is 1.74 bits per heavy atom. The molecular formula is C18H19N. The molecule has 0 aromatic heterocycles. The smallest absolute Gasteiger partial charge is 0.0548 e. The Hall–Kier alpha value is -1.76. The van der Waals surface area contributed by atoms with Gasteiger partial charge in [-0.3, -0.25) is 0 Å². The fourth-order valence-electron chi connectivity index (χ4n) is 3.88. The van der Waals surface area contributed by atoms with E-state index in [0.29, 0.717) is 12.1 Å². The molecule has 0 spiro atoms. The van der Waals surface area contributed by atoms with Crippen molar-refractivity contribution in [1.29, 1.82) is 0 Å². The Labute approximate surface area is 114 Å². The standard InChI is InChI=1S/C18H19N/c1-13-12-16-9-5-8-15-10-11-17(19(13)18(15)16)14-6-3-2-4-7-14/h2-9,13,17H,10-12H2,1H3/t13-,17+/m0/s1. The minimum absolute atomic E-state index is 0.562. The van der Waals surface area contributed by atoms with E-state index in [1.165, 1.54) is 30.5 Å². The lowest BCUT2D eigenvalue weighted by atomic mass is 9.91. The van der Waals surface area contributed by atoms with Gasteiger partial charge in [0.15, 0.2) is 0 Å². The number of benzene rings is 2. The first-order valence-corrected chi connectivity index (χ1v) is 7.28. The van der Waals surface area contributed by atoms with Crippen molar-refractivity contribution >= 4 is 5.69 Å². The molecule has 0 unspecified atom stereocenters. The predicted molar refractivity (Wildman–Crippen MR) is 79.6 cm³/mol. The number of anilines is 1. The zero-order chi connectivity index (χ0) is 12.8. The molecule has 0 aliphatic carbocycles. The summed E-state index contributed by atoms with van der Waals surface area (Å²) in [6, 6.07) is 19.0. The monoisotopic (exact) mass is 249 g/mol. The van der Waals surface area contributed by atoms with Crippen molar-refractivity contribution < 1.29 is 0 Å². The van der Waals surface area contributed by atoms with Gasteiger partial charge in [0.2, 0.25) is 0 Å². The first kappa shape index (κ1) is 11.1. The summed E-state index contributed by atoms with van der Waals surface area (Å²) in [4.78, 5) is 2.67. The topological polar surface area (TPSA) is 3.24 Å². The average molecular weight is 249 g/mol. The zero-order valence-corrected chi connectivity index (χ0v) is 11.3. The molecule has 1 heteroatoms. The summed E-state index contributed by atoms with van der Waals surface area (Å²) < 4.78 is 0. The average Bonchev–Trinajstić information content (AvgIpc) is 2.80. The Morgan fingerprint density at radius 1 is 0.947 bits per heavy atom.